The monoisotopic (exact) mass is 276 g/mol. The van der Waals surface area contributed by atoms with Crippen LogP contribution in [0.5, 0.6) is 0 Å². The number of nitrogens with zero attached hydrogens (tertiary/aromatic N) is 3. The van der Waals surface area contributed by atoms with E-state index >= 15 is 0 Å². The highest BCUT2D eigenvalue weighted by molar-refractivity contribution is 5.43. The fourth-order valence-corrected chi connectivity index (χ4v) is 2.71. The van der Waals surface area contributed by atoms with Gasteiger partial charge in [0.25, 0.3) is 0 Å². The molecule has 1 saturated heterocycles. The molecular formula is C16H28N4. The van der Waals surface area contributed by atoms with Gasteiger partial charge in [-0.25, -0.2) is 4.98 Å². The van der Waals surface area contributed by atoms with Gasteiger partial charge in [-0.1, -0.05) is 6.07 Å². The van der Waals surface area contributed by atoms with Crippen LogP contribution in [-0.4, -0.2) is 53.0 Å². The van der Waals surface area contributed by atoms with Crippen LogP contribution in [0.3, 0.4) is 0 Å². The molecule has 1 aromatic rings. The first kappa shape index (κ1) is 15.3. The van der Waals surface area contributed by atoms with E-state index in [1.165, 1.54) is 5.56 Å². The molecule has 0 aromatic carbocycles. The zero-order valence-corrected chi connectivity index (χ0v) is 13.3. The Morgan fingerprint density at radius 1 is 1.20 bits per heavy atom. The predicted octanol–water partition coefficient (Wildman–Crippen LogP) is 2.43. The molecule has 2 rings (SSSR count). The van der Waals surface area contributed by atoms with Crippen molar-refractivity contribution in [3.05, 3.63) is 23.9 Å². The van der Waals surface area contributed by atoms with E-state index in [9.17, 15) is 0 Å². The minimum atomic E-state index is 0.287. The minimum Gasteiger partial charge on any atom is -0.370 e. The van der Waals surface area contributed by atoms with Gasteiger partial charge < -0.3 is 5.32 Å². The van der Waals surface area contributed by atoms with Crippen molar-refractivity contribution < 1.29 is 0 Å². The third-order valence-electron chi connectivity index (χ3n) is 3.95. The normalized spacial score (nSPS) is 18.2. The van der Waals surface area contributed by atoms with E-state index in [0.717, 1.165) is 45.1 Å². The van der Waals surface area contributed by atoms with Crippen LogP contribution in [0.4, 0.5) is 5.82 Å². The van der Waals surface area contributed by atoms with E-state index in [2.05, 4.69) is 53.9 Å². The highest BCUT2D eigenvalue weighted by Gasteiger charge is 2.25. The third-order valence-corrected chi connectivity index (χ3v) is 3.95. The lowest BCUT2D eigenvalue weighted by molar-refractivity contribution is 0.0591. The first-order valence-electron chi connectivity index (χ1n) is 7.66. The molecule has 0 amide bonds. The van der Waals surface area contributed by atoms with Gasteiger partial charge in [-0.2, -0.15) is 0 Å². The Balaban J connectivity index is 1.93. The molecule has 1 N–H and O–H groups in total. The van der Waals surface area contributed by atoms with Crippen LogP contribution < -0.4 is 5.32 Å². The Bertz CT molecular complexity index is 417. The molecular weight excluding hydrogens is 248 g/mol. The Labute approximate surface area is 123 Å². The second kappa shape index (κ2) is 6.55. The van der Waals surface area contributed by atoms with Crippen LogP contribution in [0.1, 0.15) is 33.3 Å². The number of rotatable bonds is 4. The number of pyridine rings is 1. The summed E-state index contributed by atoms with van der Waals surface area (Å²) >= 11 is 0. The number of hydrogen-bond acceptors (Lipinski definition) is 4. The number of nitrogens with one attached hydrogen (secondary N) is 1. The second-order valence-electron chi connectivity index (χ2n) is 6.48. The van der Waals surface area contributed by atoms with Gasteiger partial charge in [0.05, 0.1) is 0 Å². The third kappa shape index (κ3) is 3.93. The molecule has 0 unspecified atom stereocenters. The standard InChI is InChI=1S/C16H28N4/c1-5-17-15-14(7-6-8-18-15)13-19-9-11-20(12-10-19)16(2,3)4/h6-8H,5,9-13H2,1-4H3,(H,17,18). The maximum atomic E-state index is 4.44. The first-order valence-corrected chi connectivity index (χ1v) is 7.66. The molecule has 4 nitrogen and oxygen atoms in total. The average Bonchev–Trinajstić information content (AvgIpc) is 2.41. The Morgan fingerprint density at radius 3 is 2.50 bits per heavy atom. The molecule has 4 heteroatoms. The van der Waals surface area contributed by atoms with Crippen molar-refractivity contribution in [3.63, 3.8) is 0 Å². The number of aromatic nitrogens is 1. The van der Waals surface area contributed by atoms with Crippen molar-refractivity contribution in [2.75, 3.05) is 38.0 Å². The Morgan fingerprint density at radius 2 is 1.90 bits per heavy atom. The SMILES string of the molecule is CCNc1ncccc1CN1CCN(C(C)(C)C)CC1. The van der Waals surface area contributed by atoms with Crippen LogP contribution in [-0.2, 0) is 6.54 Å². The maximum absolute atomic E-state index is 4.44. The molecule has 0 bridgehead atoms. The topological polar surface area (TPSA) is 31.4 Å². The van der Waals surface area contributed by atoms with Crippen LogP contribution >= 0.6 is 0 Å². The highest BCUT2D eigenvalue weighted by atomic mass is 15.3. The van der Waals surface area contributed by atoms with E-state index in [1.54, 1.807) is 0 Å². The van der Waals surface area contributed by atoms with E-state index in [-0.39, 0.29) is 5.54 Å². The molecule has 1 aliphatic heterocycles. The van der Waals surface area contributed by atoms with Crippen molar-refractivity contribution in [2.45, 2.75) is 39.8 Å². The molecule has 1 aromatic heterocycles. The van der Waals surface area contributed by atoms with Crippen LogP contribution in [0.15, 0.2) is 18.3 Å². The molecule has 0 spiro atoms. The molecule has 2 heterocycles. The smallest absolute Gasteiger partial charge is 0.130 e. The summed E-state index contributed by atoms with van der Waals surface area (Å²) in [4.78, 5) is 9.54. The molecule has 1 fully saturated rings. The van der Waals surface area contributed by atoms with Gasteiger partial charge in [0.15, 0.2) is 0 Å². The summed E-state index contributed by atoms with van der Waals surface area (Å²) < 4.78 is 0. The van der Waals surface area contributed by atoms with Crippen molar-refractivity contribution in [1.29, 1.82) is 0 Å². The van der Waals surface area contributed by atoms with Gasteiger partial charge in [-0.05, 0) is 33.8 Å². The lowest BCUT2D eigenvalue weighted by atomic mass is 10.0. The first-order chi connectivity index (χ1) is 9.50. The van der Waals surface area contributed by atoms with Gasteiger partial charge in [0.2, 0.25) is 0 Å². The number of anilines is 1. The van der Waals surface area contributed by atoms with Gasteiger partial charge in [0, 0.05) is 56.6 Å². The lowest BCUT2D eigenvalue weighted by Crippen LogP contribution is -2.53. The van der Waals surface area contributed by atoms with Gasteiger partial charge in [-0.3, -0.25) is 9.80 Å². The van der Waals surface area contributed by atoms with Crippen LogP contribution in [0.25, 0.3) is 0 Å². The summed E-state index contributed by atoms with van der Waals surface area (Å²) in [6, 6.07) is 4.21. The fraction of sp³-hybridized carbons (Fsp3) is 0.688. The van der Waals surface area contributed by atoms with Crippen molar-refractivity contribution in [1.82, 2.24) is 14.8 Å². The lowest BCUT2D eigenvalue weighted by Gasteiger charge is -2.42. The van der Waals surface area contributed by atoms with E-state index in [1.807, 2.05) is 12.3 Å². The molecule has 20 heavy (non-hydrogen) atoms. The molecule has 0 saturated carbocycles. The van der Waals surface area contributed by atoms with Crippen LogP contribution in [0, 0.1) is 0 Å². The maximum Gasteiger partial charge on any atom is 0.130 e. The summed E-state index contributed by atoms with van der Waals surface area (Å²) in [5.74, 6) is 1.04. The summed E-state index contributed by atoms with van der Waals surface area (Å²) in [5.41, 5.74) is 1.59. The minimum absolute atomic E-state index is 0.287. The van der Waals surface area contributed by atoms with Gasteiger partial charge in [-0.15, -0.1) is 0 Å². The van der Waals surface area contributed by atoms with Gasteiger partial charge in [0.1, 0.15) is 5.82 Å². The zero-order chi connectivity index (χ0) is 14.6. The van der Waals surface area contributed by atoms with E-state index < -0.39 is 0 Å². The molecule has 112 valence electrons. The second-order valence-corrected chi connectivity index (χ2v) is 6.48. The van der Waals surface area contributed by atoms with Gasteiger partial charge >= 0.3 is 0 Å². The van der Waals surface area contributed by atoms with Crippen LogP contribution in [0.2, 0.25) is 0 Å². The quantitative estimate of drug-likeness (QED) is 0.915. The summed E-state index contributed by atoms with van der Waals surface area (Å²) in [6.45, 7) is 15.5. The Hall–Kier alpha value is -1.13. The van der Waals surface area contributed by atoms with E-state index in [4.69, 9.17) is 0 Å². The average molecular weight is 276 g/mol. The summed E-state index contributed by atoms with van der Waals surface area (Å²) in [6.07, 6.45) is 1.86. The van der Waals surface area contributed by atoms with Crippen molar-refractivity contribution in [2.24, 2.45) is 0 Å². The largest absolute Gasteiger partial charge is 0.370 e. The Kier molecular flexibility index (Phi) is 5.00. The molecule has 0 aliphatic carbocycles. The molecule has 0 radical (unpaired) electrons. The summed E-state index contributed by atoms with van der Waals surface area (Å²) in [5, 5.41) is 3.35. The van der Waals surface area contributed by atoms with E-state index in [0.29, 0.717) is 0 Å². The van der Waals surface area contributed by atoms with Crippen molar-refractivity contribution in [3.8, 4) is 0 Å². The molecule has 1 aliphatic rings. The fourth-order valence-electron chi connectivity index (χ4n) is 2.71. The zero-order valence-electron chi connectivity index (χ0n) is 13.3. The predicted molar refractivity (Wildman–Crippen MR) is 85.0 cm³/mol. The number of piperazine rings is 1. The molecule has 0 atom stereocenters. The number of hydrogen-bond donors (Lipinski definition) is 1. The van der Waals surface area contributed by atoms with Crippen molar-refractivity contribution >= 4 is 5.82 Å². The summed E-state index contributed by atoms with van der Waals surface area (Å²) in [7, 11) is 0. The highest BCUT2D eigenvalue weighted by Crippen LogP contribution is 2.19.